The molecular weight excluding hydrogens is 224 g/mol. The van der Waals surface area contributed by atoms with Crippen molar-refractivity contribution in [2.24, 2.45) is 5.92 Å². The molecule has 2 atom stereocenters. The molecule has 0 bridgehead atoms. The van der Waals surface area contributed by atoms with Gasteiger partial charge in [0.1, 0.15) is 11.7 Å². The van der Waals surface area contributed by atoms with Gasteiger partial charge in [0.25, 0.3) is 0 Å². The number of hydrogen-bond donors (Lipinski definition) is 1. The summed E-state index contributed by atoms with van der Waals surface area (Å²) < 4.78 is 5.28. The summed E-state index contributed by atoms with van der Waals surface area (Å²) in [5, 5.41) is 0. The number of ether oxygens (including phenoxy) is 1. The first-order valence-corrected chi connectivity index (χ1v) is 5.80. The topological polar surface area (TPSA) is 67.9 Å². The Hall–Kier alpha value is -1.30. The standard InChI is InChI=1S/C11H18N2O4/c1-11(2,3)16-10(15)13-5-4-7-8(6-13)17-12-9(7)14/h7-8H,4-6H2,1-3H3,(H,12,14)/t7-,8+/m1/s1. The molecule has 96 valence electrons. The van der Waals surface area contributed by atoms with Crippen LogP contribution in [-0.2, 0) is 14.4 Å². The second-order valence-electron chi connectivity index (χ2n) is 5.44. The molecule has 0 aromatic rings. The number of fused-ring (bicyclic) bond motifs is 1. The van der Waals surface area contributed by atoms with Crippen molar-refractivity contribution in [1.29, 1.82) is 0 Å². The highest BCUT2D eigenvalue weighted by atomic mass is 16.7. The molecule has 0 spiro atoms. The molecule has 2 saturated heterocycles. The van der Waals surface area contributed by atoms with E-state index in [0.717, 1.165) is 0 Å². The molecule has 0 radical (unpaired) electrons. The van der Waals surface area contributed by atoms with Crippen LogP contribution in [0.25, 0.3) is 0 Å². The number of carbonyl (C=O) groups excluding carboxylic acids is 2. The normalized spacial score (nSPS) is 28.6. The number of carbonyl (C=O) groups is 2. The van der Waals surface area contributed by atoms with E-state index < -0.39 is 5.60 Å². The molecule has 2 heterocycles. The summed E-state index contributed by atoms with van der Waals surface area (Å²) in [6.07, 6.45) is 0.0260. The molecule has 0 saturated carbocycles. The summed E-state index contributed by atoms with van der Waals surface area (Å²) in [4.78, 5) is 29.9. The van der Waals surface area contributed by atoms with Gasteiger partial charge in [0.2, 0.25) is 5.91 Å². The van der Waals surface area contributed by atoms with Gasteiger partial charge in [0, 0.05) is 6.54 Å². The van der Waals surface area contributed by atoms with E-state index in [1.165, 1.54) is 0 Å². The zero-order valence-corrected chi connectivity index (χ0v) is 10.4. The highest BCUT2D eigenvalue weighted by molar-refractivity contribution is 5.80. The van der Waals surface area contributed by atoms with Crippen LogP contribution in [0.5, 0.6) is 0 Å². The Labute approximate surface area is 100 Å². The summed E-state index contributed by atoms with van der Waals surface area (Å²) in [6, 6.07) is 0. The van der Waals surface area contributed by atoms with Crippen molar-refractivity contribution < 1.29 is 19.2 Å². The van der Waals surface area contributed by atoms with Gasteiger partial charge in [-0.25, -0.2) is 10.3 Å². The van der Waals surface area contributed by atoms with E-state index in [1.807, 2.05) is 20.8 Å². The fraction of sp³-hybridized carbons (Fsp3) is 0.818. The maximum absolute atomic E-state index is 11.8. The van der Waals surface area contributed by atoms with Crippen molar-refractivity contribution in [3.8, 4) is 0 Å². The monoisotopic (exact) mass is 242 g/mol. The van der Waals surface area contributed by atoms with Crippen LogP contribution in [0.3, 0.4) is 0 Å². The number of piperidine rings is 1. The maximum atomic E-state index is 11.8. The van der Waals surface area contributed by atoms with Gasteiger partial charge < -0.3 is 9.64 Å². The quantitative estimate of drug-likeness (QED) is 0.678. The minimum absolute atomic E-state index is 0.0844. The number of hydroxylamine groups is 1. The average molecular weight is 242 g/mol. The smallest absolute Gasteiger partial charge is 0.410 e. The lowest BCUT2D eigenvalue weighted by Gasteiger charge is -2.33. The van der Waals surface area contributed by atoms with Crippen molar-refractivity contribution >= 4 is 12.0 Å². The predicted octanol–water partition coefficient (Wildman–Crippen LogP) is 0.673. The Morgan fingerprint density at radius 3 is 2.88 bits per heavy atom. The molecular formula is C11H18N2O4. The Kier molecular flexibility index (Phi) is 2.99. The first kappa shape index (κ1) is 12.2. The van der Waals surface area contributed by atoms with Crippen LogP contribution in [0.1, 0.15) is 27.2 Å². The van der Waals surface area contributed by atoms with E-state index in [0.29, 0.717) is 19.5 Å². The number of hydrogen-bond acceptors (Lipinski definition) is 4. The Balaban J connectivity index is 1.93. The minimum Gasteiger partial charge on any atom is -0.444 e. The molecule has 6 heteroatoms. The molecule has 6 nitrogen and oxygen atoms in total. The van der Waals surface area contributed by atoms with Crippen LogP contribution >= 0.6 is 0 Å². The van der Waals surface area contributed by atoms with E-state index in [4.69, 9.17) is 9.57 Å². The molecule has 17 heavy (non-hydrogen) atoms. The van der Waals surface area contributed by atoms with E-state index in [9.17, 15) is 9.59 Å². The van der Waals surface area contributed by atoms with Crippen LogP contribution in [0.4, 0.5) is 4.79 Å². The van der Waals surface area contributed by atoms with Gasteiger partial charge in [-0.3, -0.25) is 9.63 Å². The molecule has 2 amide bonds. The lowest BCUT2D eigenvalue weighted by Crippen LogP contribution is -2.48. The highest BCUT2D eigenvalue weighted by Gasteiger charge is 2.42. The molecule has 2 aliphatic heterocycles. The number of nitrogens with zero attached hydrogens (tertiary/aromatic N) is 1. The lowest BCUT2D eigenvalue weighted by molar-refractivity contribution is -0.126. The Bertz CT molecular complexity index is 337. The van der Waals surface area contributed by atoms with E-state index in [1.54, 1.807) is 4.90 Å². The van der Waals surface area contributed by atoms with E-state index >= 15 is 0 Å². The fourth-order valence-corrected chi connectivity index (χ4v) is 2.04. The first-order valence-electron chi connectivity index (χ1n) is 5.80. The molecule has 2 rings (SSSR count). The predicted molar refractivity (Wildman–Crippen MR) is 58.9 cm³/mol. The van der Waals surface area contributed by atoms with Gasteiger partial charge in [-0.2, -0.15) is 0 Å². The molecule has 1 N–H and O–H groups in total. The second-order valence-corrected chi connectivity index (χ2v) is 5.44. The number of nitrogens with one attached hydrogen (secondary N) is 1. The van der Waals surface area contributed by atoms with Crippen LogP contribution in [-0.4, -0.2) is 41.7 Å². The summed E-state index contributed by atoms with van der Waals surface area (Å²) in [6.45, 7) is 6.42. The van der Waals surface area contributed by atoms with Crippen molar-refractivity contribution in [2.75, 3.05) is 13.1 Å². The molecule has 0 unspecified atom stereocenters. The SMILES string of the molecule is CC(C)(C)OC(=O)N1CC[C@H]2C(=O)NO[C@H]2C1. The fourth-order valence-electron chi connectivity index (χ4n) is 2.04. The molecule has 0 aromatic carbocycles. The zero-order valence-electron chi connectivity index (χ0n) is 10.4. The third kappa shape index (κ3) is 2.69. The van der Waals surface area contributed by atoms with Gasteiger partial charge in [0.15, 0.2) is 0 Å². The van der Waals surface area contributed by atoms with Crippen molar-refractivity contribution in [3.05, 3.63) is 0 Å². The van der Waals surface area contributed by atoms with Gasteiger partial charge in [-0.05, 0) is 27.2 Å². The number of likely N-dealkylation sites (tertiary alicyclic amines) is 1. The maximum Gasteiger partial charge on any atom is 0.410 e. The molecule has 0 aromatic heterocycles. The average Bonchev–Trinajstić information content (AvgIpc) is 2.57. The van der Waals surface area contributed by atoms with Gasteiger partial charge in [-0.1, -0.05) is 0 Å². The summed E-state index contributed by atoms with van der Waals surface area (Å²) in [5.41, 5.74) is 1.85. The van der Waals surface area contributed by atoms with Crippen LogP contribution in [0.2, 0.25) is 0 Å². The van der Waals surface area contributed by atoms with Crippen molar-refractivity contribution in [2.45, 2.75) is 38.9 Å². The second kappa shape index (κ2) is 4.18. The number of rotatable bonds is 0. The van der Waals surface area contributed by atoms with Gasteiger partial charge in [-0.15, -0.1) is 0 Å². The van der Waals surface area contributed by atoms with Gasteiger partial charge in [0.05, 0.1) is 12.5 Å². The number of amides is 2. The summed E-state index contributed by atoms with van der Waals surface area (Å²) >= 11 is 0. The Morgan fingerprint density at radius 2 is 2.24 bits per heavy atom. The third-order valence-electron chi connectivity index (χ3n) is 2.86. The first-order chi connectivity index (χ1) is 7.87. The van der Waals surface area contributed by atoms with E-state index in [-0.39, 0.29) is 24.0 Å². The molecule has 0 aliphatic carbocycles. The molecule has 2 aliphatic rings. The lowest BCUT2D eigenvalue weighted by atomic mass is 9.94. The minimum atomic E-state index is -0.501. The largest absolute Gasteiger partial charge is 0.444 e. The zero-order chi connectivity index (χ0) is 12.6. The third-order valence-corrected chi connectivity index (χ3v) is 2.86. The Morgan fingerprint density at radius 1 is 1.53 bits per heavy atom. The van der Waals surface area contributed by atoms with Crippen LogP contribution in [0, 0.1) is 5.92 Å². The summed E-state index contributed by atoms with van der Waals surface area (Å²) in [5.74, 6) is -0.215. The van der Waals surface area contributed by atoms with Crippen LogP contribution < -0.4 is 5.48 Å². The van der Waals surface area contributed by atoms with Crippen molar-refractivity contribution in [1.82, 2.24) is 10.4 Å². The van der Waals surface area contributed by atoms with Crippen molar-refractivity contribution in [3.63, 3.8) is 0 Å². The van der Waals surface area contributed by atoms with E-state index in [2.05, 4.69) is 5.48 Å². The van der Waals surface area contributed by atoms with Crippen LogP contribution in [0.15, 0.2) is 0 Å². The van der Waals surface area contributed by atoms with Gasteiger partial charge >= 0.3 is 6.09 Å². The molecule has 2 fully saturated rings. The highest BCUT2D eigenvalue weighted by Crippen LogP contribution is 2.25. The summed E-state index contributed by atoms with van der Waals surface area (Å²) in [7, 11) is 0.